The van der Waals surface area contributed by atoms with Crippen LogP contribution in [-0.2, 0) is 11.3 Å². The molecule has 1 N–H and O–H groups in total. The molecule has 1 aromatic carbocycles. The number of pyridine rings is 1. The lowest BCUT2D eigenvalue weighted by atomic mass is 10.1. The minimum absolute atomic E-state index is 0.160. The van der Waals surface area contributed by atoms with Gasteiger partial charge in [0.05, 0.1) is 17.9 Å². The van der Waals surface area contributed by atoms with E-state index in [1.165, 1.54) is 11.1 Å². The molecule has 4 nitrogen and oxygen atoms in total. The number of rotatable bonds is 4. The maximum Gasteiger partial charge on any atom is 0.223 e. The number of amides is 1. The lowest BCUT2D eigenvalue weighted by Gasteiger charge is -2.08. The monoisotopic (exact) mass is 319 g/mol. The van der Waals surface area contributed by atoms with Crippen molar-refractivity contribution in [1.82, 2.24) is 14.7 Å². The fraction of sp³-hybridized carbons (Fsp3) is 0.300. The summed E-state index contributed by atoms with van der Waals surface area (Å²) >= 11 is 0. The summed E-state index contributed by atoms with van der Waals surface area (Å²) in [5.74, 6) is 0.376. The third kappa shape index (κ3) is 2.80. The van der Waals surface area contributed by atoms with E-state index in [0.717, 1.165) is 35.4 Å². The van der Waals surface area contributed by atoms with Crippen molar-refractivity contribution in [3.05, 3.63) is 59.4 Å². The van der Waals surface area contributed by atoms with Gasteiger partial charge in [0.1, 0.15) is 5.65 Å². The minimum Gasteiger partial charge on any atom is -0.350 e. The third-order valence-corrected chi connectivity index (χ3v) is 4.57. The van der Waals surface area contributed by atoms with E-state index in [1.807, 2.05) is 6.07 Å². The lowest BCUT2D eigenvalue weighted by Crippen LogP contribution is -2.25. The van der Waals surface area contributed by atoms with Gasteiger partial charge in [-0.2, -0.15) is 0 Å². The second kappa shape index (κ2) is 5.78. The molecule has 0 radical (unpaired) electrons. The zero-order valence-electron chi connectivity index (χ0n) is 14.0. The minimum atomic E-state index is 0.160. The van der Waals surface area contributed by atoms with Gasteiger partial charge < -0.3 is 9.72 Å². The second-order valence-electron chi connectivity index (χ2n) is 6.70. The molecule has 122 valence electrons. The van der Waals surface area contributed by atoms with Crippen LogP contribution in [0.2, 0.25) is 0 Å². The van der Waals surface area contributed by atoms with Crippen LogP contribution in [0, 0.1) is 19.8 Å². The zero-order chi connectivity index (χ0) is 16.7. The Morgan fingerprint density at radius 1 is 1.12 bits per heavy atom. The van der Waals surface area contributed by atoms with Crippen molar-refractivity contribution in [2.75, 3.05) is 0 Å². The Morgan fingerprint density at radius 3 is 2.54 bits per heavy atom. The number of aryl methyl sites for hydroxylation is 2. The fourth-order valence-corrected chi connectivity index (χ4v) is 2.97. The molecule has 0 aliphatic heterocycles. The summed E-state index contributed by atoms with van der Waals surface area (Å²) in [6.07, 6.45) is 4.12. The van der Waals surface area contributed by atoms with Crippen molar-refractivity contribution in [1.29, 1.82) is 0 Å². The van der Waals surface area contributed by atoms with Crippen molar-refractivity contribution < 1.29 is 4.79 Å². The number of aromatic nitrogens is 2. The summed E-state index contributed by atoms with van der Waals surface area (Å²) in [4.78, 5) is 16.9. The van der Waals surface area contributed by atoms with E-state index >= 15 is 0 Å². The van der Waals surface area contributed by atoms with E-state index < -0.39 is 0 Å². The summed E-state index contributed by atoms with van der Waals surface area (Å²) in [6, 6.07) is 12.5. The summed E-state index contributed by atoms with van der Waals surface area (Å²) in [5, 5.41) is 3.08. The average Bonchev–Trinajstić information content (AvgIpc) is 3.36. The van der Waals surface area contributed by atoms with Gasteiger partial charge >= 0.3 is 0 Å². The average molecular weight is 319 g/mol. The molecule has 1 saturated carbocycles. The molecule has 0 spiro atoms. The lowest BCUT2D eigenvalue weighted by molar-refractivity contribution is -0.122. The third-order valence-electron chi connectivity index (χ3n) is 4.57. The zero-order valence-corrected chi connectivity index (χ0v) is 14.0. The van der Waals surface area contributed by atoms with Crippen molar-refractivity contribution in [2.45, 2.75) is 33.2 Å². The van der Waals surface area contributed by atoms with Gasteiger partial charge in [0.25, 0.3) is 0 Å². The molecule has 0 atom stereocenters. The van der Waals surface area contributed by atoms with E-state index in [9.17, 15) is 4.79 Å². The number of carbonyl (C=O) groups excluding carboxylic acids is 1. The molecule has 1 aliphatic carbocycles. The smallest absolute Gasteiger partial charge is 0.223 e. The van der Waals surface area contributed by atoms with Gasteiger partial charge in [-0.1, -0.05) is 35.9 Å². The second-order valence-corrected chi connectivity index (χ2v) is 6.70. The summed E-state index contributed by atoms with van der Waals surface area (Å²) in [5.41, 5.74) is 6.36. The maximum atomic E-state index is 12.1. The number of carbonyl (C=O) groups is 1. The molecule has 0 bridgehead atoms. The van der Waals surface area contributed by atoms with E-state index in [0.29, 0.717) is 6.54 Å². The molecule has 1 amide bonds. The van der Waals surface area contributed by atoms with Gasteiger partial charge in [-0.3, -0.25) is 4.79 Å². The van der Waals surface area contributed by atoms with Crippen LogP contribution in [0.25, 0.3) is 16.9 Å². The summed E-state index contributed by atoms with van der Waals surface area (Å²) in [7, 11) is 0. The van der Waals surface area contributed by atoms with Crippen LogP contribution >= 0.6 is 0 Å². The first-order valence-electron chi connectivity index (χ1n) is 8.44. The van der Waals surface area contributed by atoms with Crippen LogP contribution in [0.3, 0.4) is 0 Å². The molecular formula is C20H21N3O. The van der Waals surface area contributed by atoms with Crippen LogP contribution in [0.15, 0.2) is 42.6 Å². The molecule has 2 heterocycles. The first kappa shape index (κ1) is 14.9. The number of fused-ring (bicyclic) bond motifs is 1. The molecule has 0 saturated heterocycles. The van der Waals surface area contributed by atoms with Crippen LogP contribution < -0.4 is 5.32 Å². The van der Waals surface area contributed by atoms with Crippen LogP contribution in [0.5, 0.6) is 0 Å². The Balaban J connectivity index is 1.77. The van der Waals surface area contributed by atoms with Crippen molar-refractivity contribution in [2.24, 2.45) is 5.92 Å². The number of nitrogens with zero attached hydrogens (tertiary/aromatic N) is 2. The van der Waals surface area contributed by atoms with Crippen molar-refractivity contribution in [3.8, 4) is 11.3 Å². The van der Waals surface area contributed by atoms with E-state index in [4.69, 9.17) is 4.98 Å². The number of hydrogen-bond donors (Lipinski definition) is 1. The van der Waals surface area contributed by atoms with Crippen molar-refractivity contribution >= 4 is 11.6 Å². The van der Waals surface area contributed by atoms with Gasteiger partial charge in [-0.15, -0.1) is 0 Å². The van der Waals surface area contributed by atoms with Gasteiger partial charge in [0.15, 0.2) is 0 Å². The summed E-state index contributed by atoms with van der Waals surface area (Å²) < 4.78 is 2.09. The largest absolute Gasteiger partial charge is 0.350 e. The molecule has 4 rings (SSSR count). The predicted molar refractivity (Wildman–Crippen MR) is 94.7 cm³/mol. The highest BCUT2D eigenvalue weighted by atomic mass is 16.2. The Hall–Kier alpha value is -2.62. The molecule has 0 unspecified atom stereocenters. The van der Waals surface area contributed by atoms with E-state index in [1.54, 1.807) is 0 Å². The predicted octanol–water partition coefficient (Wildman–Crippen LogP) is 3.64. The van der Waals surface area contributed by atoms with Gasteiger partial charge in [-0.25, -0.2) is 4.98 Å². The number of benzene rings is 1. The fourth-order valence-electron chi connectivity index (χ4n) is 2.97. The SMILES string of the molecule is Cc1ccc(-c2nc3ccc(C)cn3c2CNC(=O)C2CC2)cc1. The molecule has 1 aliphatic rings. The van der Waals surface area contributed by atoms with E-state index in [-0.39, 0.29) is 11.8 Å². The normalized spacial score (nSPS) is 14.1. The standard InChI is InChI=1S/C20H21N3O/c1-13-3-6-15(7-4-13)19-17(11-21-20(24)16-8-9-16)23-12-14(2)5-10-18(23)22-19/h3-7,10,12,16H,8-9,11H2,1-2H3,(H,21,24). The highest BCUT2D eigenvalue weighted by Crippen LogP contribution is 2.29. The molecular weight excluding hydrogens is 298 g/mol. The highest BCUT2D eigenvalue weighted by molar-refractivity contribution is 5.81. The van der Waals surface area contributed by atoms with Crippen LogP contribution in [0.4, 0.5) is 0 Å². The molecule has 24 heavy (non-hydrogen) atoms. The van der Waals surface area contributed by atoms with Gasteiger partial charge in [-0.05, 0) is 38.3 Å². The molecule has 2 aromatic heterocycles. The van der Waals surface area contributed by atoms with E-state index in [2.05, 4.69) is 60.1 Å². The topological polar surface area (TPSA) is 46.4 Å². The Bertz CT molecular complexity index is 905. The molecule has 4 heteroatoms. The Labute approximate surface area is 141 Å². The Morgan fingerprint density at radius 2 is 1.83 bits per heavy atom. The quantitative estimate of drug-likeness (QED) is 0.798. The Kier molecular flexibility index (Phi) is 3.60. The van der Waals surface area contributed by atoms with Crippen LogP contribution in [0.1, 0.15) is 29.7 Å². The van der Waals surface area contributed by atoms with Gasteiger partial charge in [0, 0.05) is 17.7 Å². The molecule has 3 aromatic rings. The first-order valence-corrected chi connectivity index (χ1v) is 8.44. The number of hydrogen-bond acceptors (Lipinski definition) is 2. The number of nitrogens with one attached hydrogen (secondary N) is 1. The maximum absolute atomic E-state index is 12.1. The summed E-state index contributed by atoms with van der Waals surface area (Å²) in [6.45, 7) is 4.65. The molecule has 1 fully saturated rings. The highest BCUT2D eigenvalue weighted by Gasteiger charge is 2.29. The first-order chi connectivity index (χ1) is 11.6. The van der Waals surface area contributed by atoms with Crippen LogP contribution in [-0.4, -0.2) is 15.3 Å². The van der Waals surface area contributed by atoms with Gasteiger partial charge in [0.2, 0.25) is 5.91 Å². The number of imidazole rings is 1. The van der Waals surface area contributed by atoms with Crippen molar-refractivity contribution in [3.63, 3.8) is 0 Å².